The first kappa shape index (κ1) is 23.9. The molecule has 2 atom stereocenters. The van der Waals surface area contributed by atoms with Gasteiger partial charge in [0.25, 0.3) is 5.91 Å². The van der Waals surface area contributed by atoms with Crippen molar-refractivity contribution in [2.24, 2.45) is 0 Å². The van der Waals surface area contributed by atoms with E-state index in [4.69, 9.17) is 4.42 Å². The zero-order chi connectivity index (χ0) is 24.6. The molecule has 0 aliphatic carbocycles. The van der Waals surface area contributed by atoms with E-state index >= 15 is 0 Å². The number of rotatable bonds is 6. The summed E-state index contributed by atoms with van der Waals surface area (Å²) in [7, 11) is 5.59. The highest BCUT2D eigenvalue weighted by molar-refractivity contribution is 6.04. The fraction of sp³-hybridized carbons (Fsp3) is 0.320. The molecule has 9 heteroatoms. The van der Waals surface area contributed by atoms with E-state index in [9.17, 15) is 19.6 Å². The third-order valence-corrected chi connectivity index (χ3v) is 6.35. The molecule has 1 aliphatic heterocycles. The van der Waals surface area contributed by atoms with Crippen LogP contribution in [0.3, 0.4) is 0 Å². The Bertz CT molecular complexity index is 1190. The van der Waals surface area contributed by atoms with Crippen molar-refractivity contribution in [2.45, 2.75) is 19.4 Å². The third-order valence-electron chi connectivity index (χ3n) is 6.35. The van der Waals surface area contributed by atoms with Gasteiger partial charge in [-0.1, -0.05) is 6.07 Å². The number of aryl methyl sites for hydroxylation is 1. The monoisotopic (exact) mass is 468 g/mol. The molecule has 1 aliphatic rings. The molecule has 1 aromatic heterocycles. The second-order valence-electron chi connectivity index (χ2n) is 8.87. The van der Waals surface area contributed by atoms with Gasteiger partial charge in [-0.05, 0) is 69.4 Å². The summed E-state index contributed by atoms with van der Waals surface area (Å²) in [6.07, 6.45) is 0.970. The number of furan rings is 1. The number of likely N-dealkylation sites (N-methyl/N-ethyl adjacent to an activating group) is 1. The van der Waals surface area contributed by atoms with Gasteiger partial charge in [0, 0.05) is 37.9 Å². The summed E-state index contributed by atoms with van der Waals surface area (Å²) in [6, 6.07) is 13.2. The molecule has 0 saturated carbocycles. The van der Waals surface area contributed by atoms with Crippen molar-refractivity contribution >= 4 is 23.0 Å². The Kier molecular flexibility index (Phi) is 6.72. The molecule has 0 bridgehead atoms. The lowest BCUT2D eigenvalue weighted by Gasteiger charge is -2.23. The van der Waals surface area contributed by atoms with Crippen molar-refractivity contribution in [2.75, 3.05) is 44.0 Å². The highest BCUT2D eigenvalue weighted by Gasteiger charge is 2.27. The summed E-state index contributed by atoms with van der Waals surface area (Å²) in [6.45, 7) is 3.34. The lowest BCUT2D eigenvalue weighted by atomic mass is 10.1. The van der Waals surface area contributed by atoms with Crippen LogP contribution >= 0.6 is 0 Å². The van der Waals surface area contributed by atoms with Crippen LogP contribution in [0.5, 0.6) is 0 Å². The molecule has 8 nitrogen and oxygen atoms in total. The molecule has 0 radical (unpaired) electrons. The summed E-state index contributed by atoms with van der Waals surface area (Å²) in [5, 5.41) is 20.1. The highest BCUT2D eigenvalue weighted by atomic mass is 19.1. The predicted octanol–water partition coefficient (Wildman–Crippen LogP) is 3.21. The summed E-state index contributed by atoms with van der Waals surface area (Å²) in [5.41, 5.74) is 2.21. The molecule has 0 spiro atoms. The van der Waals surface area contributed by atoms with Gasteiger partial charge in [0.05, 0.1) is 11.3 Å². The average molecular weight is 469 g/mol. The van der Waals surface area contributed by atoms with Gasteiger partial charge in [-0.2, -0.15) is 5.23 Å². The Balaban J connectivity index is 1.53. The van der Waals surface area contributed by atoms with Gasteiger partial charge >= 0.3 is 0 Å². The summed E-state index contributed by atoms with van der Waals surface area (Å²) in [5.74, 6) is -0.536. The van der Waals surface area contributed by atoms with Crippen LogP contribution < -0.4 is 15.0 Å². The number of carbonyl (C=O) groups is 1. The smallest absolute Gasteiger partial charge is 0.293 e. The van der Waals surface area contributed by atoms with Crippen LogP contribution in [0, 0.1) is 17.9 Å². The van der Waals surface area contributed by atoms with Crippen molar-refractivity contribution in [1.29, 1.82) is 0 Å². The summed E-state index contributed by atoms with van der Waals surface area (Å²) in [4.78, 5) is 18.5. The number of carbonyl (C=O) groups excluding carboxylic acids is 1. The molecule has 1 amide bonds. The molecule has 3 aromatic rings. The zero-order valence-electron chi connectivity index (χ0n) is 19.7. The number of nitrogens with one attached hydrogen (secondary N) is 1. The molecule has 34 heavy (non-hydrogen) atoms. The average Bonchev–Trinajstić information content (AvgIpc) is 3.48. The second kappa shape index (κ2) is 9.55. The van der Waals surface area contributed by atoms with E-state index in [1.54, 1.807) is 50.4 Å². The molecule has 2 aromatic carbocycles. The van der Waals surface area contributed by atoms with Crippen molar-refractivity contribution in [1.82, 2.24) is 4.90 Å². The normalized spacial score (nSPS) is 16.8. The minimum absolute atomic E-state index is 0.0345. The molecule has 1 fully saturated rings. The molecule has 1 saturated heterocycles. The molecule has 2 heterocycles. The highest BCUT2D eigenvalue weighted by Crippen LogP contribution is 2.31. The molecule has 2 unspecified atom stereocenters. The Hall–Kier alpha value is -3.24. The van der Waals surface area contributed by atoms with Crippen LogP contribution in [0.2, 0.25) is 0 Å². The van der Waals surface area contributed by atoms with Gasteiger partial charge in [0.15, 0.2) is 11.4 Å². The number of halogens is 1. The number of quaternary nitrogens is 1. The quantitative estimate of drug-likeness (QED) is 0.541. The van der Waals surface area contributed by atoms with E-state index in [1.165, 1.54) is 17.0 Å². The van der Waals surface area contributed by atoms with Crippen LogP contribution in [0.25, 0.3) is 11.3 Å². The van der Waals surface area contributed by atoms with Crippen LogP contribution in [0.4, 0.5) is 21.5 Å². The fourth-order valence-corrected chi connectivity index (χ4v) is 4.27. The standard InChI is InChI=1S/C25H29FN4O4/c1-16-5-7-19(22(13-16)30(32)33)23-9-10-24(34-23)25(31)28(4)17-6-8-21(20(26)14-17)29-12-11-18(15-29)27(2)3/h5-10,13-14,18,30,32H,11-12,15H2,1-4H3. The van der Waals surface area contributed by atoms with Crippen LogP contribution in [-0.4, -0.2) is 56.3 Å². The maximum Gasteiger partial charge on any atom is 0.293 e. The number of benzene rings is 2. The minimum atomic E-state index is -1.08. The van der Waals surface area contributed by atoms with Crippen molar-refractivity contribution in [3.63, 3.8) is 0 Å². The van der Waals surface area contributed by atoms with E-state index in [0.29, 0.717) is 23.0 Å². The maximum atomic E-state index is 15.0. The predicted molar refractivity (Wildman–Crippen MR) is 128 cm³/mol. The van der Waals surface area contributed by atoms with Crippen LogP contribution in [0.15, 0.2) is 52.9 Å². The van der Waals surface area contributed by atoms with Crippen LogP contribution in [-0.2, 0) is 0 Å². The topological polar surface area (TPSA) is 87.7 Å². The maximum absolute atomic E-state index is 15.0. The van der Waals surface area contributed by atoms with Gasteiger partial charge in [-0.25, -0.2) is 9.60 Å². The van der Waals surface area contributed by atoms with Crippen LogP contribution in [0.1, 0.15) is 22.5 Å². The molecular weight excluding hydrogens is 439 g/mol. The Labute approximate surface area is 197 Å². The summed E-state index contributed by atoms with van der Waals surface area (Å²) >= 11 is 0. The van der Waals surface area contributed by atoms with E-state index in [-0.39, 0.29) is 23.0 Å². The number of hydrogen-bond acceptors (Lipinski definition) is 6. The van der Waals surface area contributed by atoms with Gasteiger partial charge in [-0.15, -0.1) is 0 Å². The van der Waals surface area contributed by atoms with Crippen molar-refractivity contribution in [3.05, 3.63) is 70.9 Å². The third kappa shape index (κ3) is 4.69. The van der Waals surface area contributed by atoms with Gasteiger partial charge < -0.3 is 24.3 Å². The van der Waals surface area contributed by atoms with Gasteiger partial charge in [0.2, 0.25) is 0 Å². The lowest BCUT2D eigenvalue weighted by Crippen LogP contribution is -2.99. The Morgan fingerprint density at radius 3 is 2.59 bits per heavy atom. The SMILES string of the molecule is Cc1ccc(-c2ccc(C(=O)N(C)c3ccc(N4CCC(N(C)C)C4)c(F)c3)o2)c([NH+]([O-])O)c1. The van der Waals surface area contributed by atoms with Crippen molar-refractivity contribution < 1.29 is 24.0 Å². The van der Waals surface area contributed by atoms with Crippen molar-refractivity contribution in [3.8, 4) is 11.3 Å². The zero-order valence-corrected chi connectivity index (χ0v) is 19.7. The Morgan fingerprint density at radius 2 is 1.94 bits per heavy atom. The van der Waals surface area contributed by atoms with Gasteiger partial charge in [0.1, 0.15) is 11.6 Å². The number of amides is 1. The van der Waals surface area contributed by atoms with E-state index in [2.05, 4.69) is 4.90 Å². The van der Waals surface area contributed by atoms with E-state index < -0.39 is 11.1 Å². The lowest BCUT2D eigenvalue weighted by molar-refractivity contribution is -0.991. The Morgan fingerprint density at radius 1 is 1.18 bits per heavy atom. The number of nitrogens with zero attached hydrogens (tertiary/aromatic N) is 3. The first-order chi connectivity index (χ1) is 16.2. The number of anilines is 2. The van der Waals surface area contributed by atoms with E-state index in [0.717, 1.165) is 25.1 Å². The molecular formula is C25H29FN4O4. The minimum Gasteiger partial charge on any atom is -0.595 e. The fourth-order valence-electron chi connectivity index (χ4n) is 4.27. The molecule has 180 valence electrons. The van der Waals surface area contributed by atoms with Gasteiger partial charge in [-0.3, -0.25) is 4.79 Å². The largest absolute Gasteiger partial charge is 0.595 e. The summed E-state index contributed by atoms with van der Waals surface area (Å²) < 4.78 is 20.7. The molecule has 2 N–H and O–H groups in total. The second-order valence-corrected chi connectivity index (χ2v) is 8.87. The first-order valence-electron chi connectivity index (χ1n) is 11.1. The number of hydrogen-bond donors (Lipinski definition) is 2. The first-order valence-corrected chi connectivity index (χ1v) is 11.1. The van der Waals surface area contributed by atoms with E-state index in [1.807, 2.05) is 19.0 Å². The molecule has 4 rings (SSSR count).